The van der Waals surface area contributed by atoms with E-state index in [9.17, 15) is 5.11 Å². The minimum atomic E-state index is 0. The number of hydrogen-bond donors (Lipinski definition) is 0. The van der Waals surface area contributed by atoms with Crippen molar-refractivity contribution in [2.45, 2.75) is 0 Å². The number of aromatic amines is 1. The fourth-order valence-electron chi connectivity index (χ4n) is 13.4. The molecule has 0 fully saturated rings. The average Bonchev–Trinajstić information content (AvgIpc) is 0.743. The number of para-hydroxylation sites is 2. The maximum Gasteiger partial charge on any atom is 1.00 e. The van der Waals surface area contributed by atoms with Crippen molar-refractivity contribution in [3.8, 4) is 107 Å². The van der Waals surface area contributed by atoms with Gasteiger partial charge in [-0.05, 0) is 136 Å². The van der Waals surface area contributed by atoms with Gasteiger partial charge in [0.2, 0.25) is 5.52 Å². The second-order valence-electron chi connectivity index (χ2n) is 24.8. The van der Waals surface area contributed by atoms with Crippen molar-refractivity contribution in [3.05, 3.63) is 358 Å². The molecule has 4 aromatic heterocycles. The summed E-state index contributed by atoms with van der Waals surface area (Å²) in [6.45, 7) is 0. The maximum absolute atomic E-state index is 11.1. The van der Waals surface area contributed by atoms with E-state index < -0.39 is 0 Å². The zero-order valence-corrected chi connectivity index (χ0v) is 55.6. The fourth-order valence-corrected chi connectivity index (χ4v) is 13.4. The van der Waals surface area contributed by atoms with Gasteiger partial charge in [0.05, 0.1) is 5.52 Å². The van der Waals surface area contributed by atoms with E-state index in [1.807, 2.05) is 91.1 Å². The van der Waals surface area contributed by atoms with Crippen LogP contribution in [-0.4, -0.2) is 34.9 Å². The predicted octanol–water partition coefficient (Wildman–Crippen LogP) is 18.8. The number of fused-ring (bicyclic) bond motifs is 10. The summed E-state index contributed by atoms with van der Waals surface area (Å²) in [5.41, 5.74) is 14.2. The standard InChI is InChI=1S/C45H29N3.C38H24N4.C9H7NO.Li/c1-3-13-30(14-4-1)43-46-44(31-15-5-2-6-16-31)48-45(47-43)36-20-12-19-34(28-36)32-17-11-18-33(27-32)35-25-26-41-39-23-8-7-21-37(39)38-22-9-10-24-40(38)42(41)29-35;1-3-9-30-23-32(20-14-25(30)7-1)37-40-36(41-38(42-37)33-21-15-26-8-2-4-10-31(26)24-33)29-18-16-27(17-19-29)34-13-5-11-28-12-6-22-39-35(28)34;11-8-5-1-3-7-4-2-6-10-9(7)8;/h1-29H;1-24H;1-6,11H;/q;;;+1. The van der Waals surface area contributed by atoms with Crippen molar-refractivity contribution >= 4 is 75.7 Å². The van der Waals surface area contributed by atoms with Crippen LogP contribution in [0.5, 0.6) is 5.75 Å². The first-order valence-corrected chi connectivity index (χ1v) is 33.6. The van der Waals surface area contributed by atoms with Gasteiger partial charge in [0, 0.05) is 62.0 Å². The van der Waals surface area contributed by atoms with Gasteiger partial charge >= 0.3 is 18.9 Å². The molecule has 0 unspecified atom stereocenters. The number of nitrogens with one attached hydrogen (secondary N) is 1. The summed E-state index contributed by atoms with van der Waals surface area (Å²) in [6, 6.07) is 119. The molecule has 1 N–H and O–H groups in total. The monoisotopic (exact) mass is 1300 g/mol. The summed E-state index contributed by atoms with van der Waals surface area (Å²) in [5, 5.41) is 25.6. The quantitative estimate of drug-likeness (QED) is 0.103. The number of aromatic nitrogens is 8. The van der Waals surface area contributed by atoms with Gasteiger partial charge in [-0.1, -0.05) is 291 Å². The Balaban J connectivity index is 0.000000137. The van der Waals surface area contributed by atoms with E-state index in [1.54, 1.807) is 18.3 Å². The Morgan fingerprint density at radius 1 is 0.225 bits per heavy atom. The Morgan fingerprint density at radius 3 is 1.13 bits per heavy atom. The summed E-state index contributed by atoms with van der Waals surface area (Å²) in [7, 11) is 0. The van der Waals surface area contributed by atoms with Crippen LogP contribution in [0.3, 0.4) is 0 Å². The van der Waals surface area contributed by atoms with Crippen LogP contribution in [0.25, 0.3) is 177 Å². The predicted molar refractivity (Wildman–Crippen MR) is 411 cm³/mol. The third-order valence-electron chi connectivity index (χ3n) is 18.5. The van der Waals surface area contributed by atoms with E-state index in [0.717, 1.165) is 82.7 Å². The van der Waals surface area contributed by atoms with Crippen molar-refractivity contribution in [1.29, 1.82) is 0 Å². The van der Waals surface area contributed by atoms with E-state index in [1.165, 1.54) is 54.2 Å². The second kappa shape index (κ2) is 28.4. The molecule has 0 saturated heterocycles. The number of H-pyrrole nitrogens is 1. The molecule has 19 rings (SSSR count). The van der Waals surface area contributed by atoms with Crippen molar-refractivity contribution in [2.24, 2.45) is 0 Å². The first kappa shape index (κ1) is 63.6. The summed E-state index contributed by atoms with van der Waals surface area (Å²) in [5.74, 6) is 3.94. The Morgan fingerprint density at radius 2 is 0.578 bits per heavy atom. The molecule has 0 spiro atoms. The minimum absolute atomic E-state index is 0. The topological polar surface area (TPSA) is 127 Å². The summed E-state index contributed by atoms with van der Waals surface area (Å²) >= 11 is 0. The first-order valence-electron chi connectivity index (χ1n) is 33.6. The molecule has 0 aliphatic rings. The maximum atomic E-state index is 11.1. The van der Waals surface area contributed by atoms with Crippen LogP contribution >= 0.6 is 0 Å². The van der Waals surface area contributed by atoms with Crippen molar-refractivity contribution < 1.29 is 29.0 Å². The third kappa shape index (κ3) is 13.0. The first-order chi connectivity index (χ1) is 49.9. The van der Waals surface area contributed by atoms with E-state index in [2.05, 4.69) is 259 Å². The molecule has 15 aromatic carbocycles. The van der Waals surface area contributed by atoms with Crippen LogP contribution < -0.4 is 29.0 Å². The van der Waals surface area contributed by atoms with Gasteiger partial charge in [0.15, 0.2) is 41.1 Å². The molecule has 0 radical (unpaired) electrons. The molecule has 0 aliphatic heterocycles. The van der Waals surface area contributed by atoms with Gasteiger partial charge in [-0.25, -0.2) is 34.9 Å². The van der Waals surface area contributed by atoms with Crippen LogP contribution in [0.4, 0.5) is 0 Å². The molecule has 0 bridgehead atoms. The van der Waals surface area contributed by atoms with Gasteiger partial charge in [-0.15, -0.1) is 0 Å². The van der Waals surface area contributed by atoms with E-state index in [4.69, 9.17) is 29.9 Å². The summed E-state index contributed by atoms with van der Waals surface area (Å²) < 4.78 is 0. The van der Waals surface area contributed by atoms with Gasteiger partial charge in [0.1, 0.15) is 0 Å². The summed E-state index contributed by atoms with van der Waals surface area (Å²) in [6.07, 6.45) is 3.59. The largest absolute Gasteiger partial charge is 1.00 e. The van der Waals surface area contributed by atoms with Crippen molar-refractivity contribution in [2.75, 3.05) is 0 Å². The molecule has 4 heterocycles. The van der Waals surface area contributed by atoms with Crippen LogP contribution in [0, 0.1) is 0 Å². The number of rotatable bonds is 9. The molecule has 102 heavy (non-hydrogen) atoms. The molecule has 10 heteroatoms. The normalized spacial score (nSPS) is 11.1. The molecule has 0 amide bonds. The van der Waals surface area contributed by atoms with Crippen LogP contribution in [-0.2, 0) is 0 Å². The van der Waals surface area contributed by atoms with Crippen LogP contribution in [0.15, 0.2) is 358 Å². The molecular formula is C92H60LiN8O+. The smallest absolute Gasteiger partial charge is 0.868 e. The Bertz CT molecular complexity index is 6110. The SMILES string of the molecule is [Li+].[O-]c1cccc2ccc[nH+]c12.c1ccc(-c2nc(-c3ccccc3)nc(-c3cccc(-c4cccc(-c5ccc6c7ccccc7c7ccccc7c6c5)c4)c3)n2)cc1.c1ccc2cc(-c3nc(-c4ccc(-c5cccc6cccnc56)cc4)nc(-c4ccc5ccccc5c4)n3)ccc2c1. The van der Waals surface area contributed by atoms with Gasteiger partial charge in [0.25, 0.3) is 0 Å². The van der Waals surface area contributed by atoms with E-state index in [-0.39, 0.29) is 24.6 Å². The molecular weight excluding hydrogens is 1240 g/mol. The molecule has 0 aliphatic carbocycles. The molecule has 474 valence electrons. The van der Waals surface area contributed by atoms with Crippen LogP contribution in [0.2, 0.25) is 0 Å². The van der Waals surface area contributed by atoms with Gasteiger partial charge in [-0.2, -0.15) is 0 Å². The van der Waals surface area contributed by atoms with E-state index in [0.29, 0.717) is 40.5 Å². The molecule has 0 atom stereocenters. The van der Waals surface area contributed by atoms with Crippen molar-refractivity contribution in [3.63, 3.8) is 0 Å². The minimum Gasteiger partial charge on any atom is -0.868 e. The number of hydrogen-bond acceptors (Lipinski definition) is 8. The zero-order chi connectivity index (χ0) is 67.4. The molecule has 0 saturated carbocycles. The fraction of sp³-hybridized carbons (Fsp3) is 0. The number of nitrogens with zero attached hydrogens (tertiary/aromatic N) is 7. The third-order valence-corrected chi connectivity index (χ3v) is 18.5. The van der Waals surface area contributed by atoms with Crippen molar-refractivity contribution in [1.82, 2.24) is 34.9 Å². The molecule has 9 nitrogen and oxygen atoms in total. The Kier molecular flexibility index (Phi) is 17.7. The second-order valence-corrected chi connectivity index (χ2v) is 24.8. The number of benzene rings is 15. The number of pyridine rings is 2. The average molecular weight is 1300 g/mol. The van der Waals surface area contributed by atoms with Crippen LogP contribution in [0.1, 0.15) is 0 Å². The van der Waals surface area contributed by atoms with Gasteiger partial charge in [-0.3, -0.25) is 4.98 Å². The van der Waals surface area contributed by atoms with Gasteiger partial charge < -0.3 is 5.11 Å². The Labute approximate surface area is 601 Å². The Hall–Kier alpha value is -13.2. The van der Waals surface area contributed by atoms with E-state index >= 15 is 0 Å². The molecule has 19 aromatic rings. The summed E-state index contributed by atoms with van der Waals surface area (Å²) in [4.78, 5) is 37.3. The zero-order valence-electron chi connectivity index (χ0n) is 55.6.